The van der Waals surface area contributed by atoms with Crippen molar-refractivity contribution in [2.75, 3.05) is 45.9 Å². The molecule has 0 aliphatic carbocycles. The van der Waals surface area contributed by atoms with Gasteiger partial charge in [0.25, 0.3) is 0 Å². The number of rotatable bonds is 8. The fraction of sp³-hybridized carbons (Fsp3) is 0.650. The number of aliphatic hydroxyl groups excluding tert-OH is 1. The van der Waals surface area contributed by atoms with Crippen LogP contribution in [0.3, 0.4) is 0 Å². The van der Waals surface area contributed by atoms with Gasteiger partial charge in [0.05, 0.1) is 6.61 Å². The lowest BCUT2D eigenvalue weighted by Gasteiger charge is -2.34. The number of carbonyl (C=O) groups is 1. The molecule has 6 nitrogen and oxygen atoms in total. The van der Waals surface area contributed by atoms with E-state index in [1.807, 2.05) is 25.1 Å². The number of carbonyl (C=O) groups excluding carboxylic acids is 1. The van der Waals surface area contributed by atoms with Crippen LogP contribution in [-0.2, 0) is 4.74 Å². The van der Waals surface area contributed by atoms with Gasteiger partial charge in [0.2, 0.25) is 0 Å². The number of ether oxygens (including phenoxy) is 2. The second-order valence-electron chi connectivity index (χ2n) is 6.80. The smallest absolute Gasteiger partial charge is 0.409 e. The summed E-state index contributed by atoms with van der Waals surface area (Å²) in [4.78, 5) is 15.6. The highest BCUT2D eigenvalue weighted by atomic mass is 16.6. The van der Waals surface area contributed by atoms with Crippen molar-refractivity contribution in [3.05, 3.63) is 29.8 Å². The first-order valence-corrected chi connectivity index (χ1v) is 9.59. The lowest BCUT2D eigenvalue weighted by atomic mass is 9.98. The van der Waals surface area contributed by atoms with Crippen molar-refractivity contribution in [1.82, 2.24) is 9.80 Å². The fourth-order valence-corrected chi connectivity index (χ4v) is 3.10. The summed E-state index contributed by atoms with van der Waals surface area (Å²) in [7, 11) is 0. The van der Waals surface area contributed by atoms with Gasteiger partial charge in [0.1, 0.15) is 18.5 Å². The standard InChI is InChI=1S/C20H32N2O4/c1-4-16(3)18-8-6-7-9-19(18)26-15-17(23)14-21-10-12-22(13-11-21)20(24)25-5-2/h6-9,16-17,23H,4-5,10-15H2,1-3H3/t16-,17-/m0/s1. The lowest BCUT2D eigenvalue weighted by Crippen LogP contribution is -2.51. The van der Waals surface area contributed by atoms with Crippen LogP contribution in [0.2, 0.25) is 0 Å². The summed E-state index contributed by atoms with van der Waals surface area (Å²) < 4.78 is 10.9. The van der Waals surface area contributed by atoms with Crippen molar-refractivity contribution in [1.29, 1.82) is 0 Å². The van der Waals surface area contributed by atoms with Crippen LogP contribution in [-0.4, -0.2) is 73.0 Å². The molecule has 1 aromatic carbocycles. The van der Waals surface area contributed by atoms with Crippen LogP contribution in [0.25, 0.3) is 0 Å². The maximum absolute atomic E-state index is 11.7. The molecule has 2 atom stereocenters. The van der Waals surface area contributed by atoms with E-state index in [2.05, 4.69) is 24.8 Å². The minimum Gasteiger partial charge on any atom is -0.491 e. The van der Waals surface area contributed by atoms with Crippen molar-refractivity contribution in [3.8, 4) is 5.75 Å². The third-order valence-corrected chi connectivity index (χ3v) is 4.86. The van der Waals surface area contributed by atoms with Gasteiger partial charge in [-0.15, -0.1) is 0 Å². The predicted molar refractivity (Wildman–Crippen MR) is 102 cm³/mol. The average molecular weight is 364 g/mol. The Labute approximate surface area is 156 Å². The summed E-state index contributed by atoms with van der Waals surface area (Å²) >= 11 is 0. The molecule has 1 aliphatic rings. The zero-order valence-corrected chi connectivity index (χ0v) is 16.2. The van der Waals surface area contributed by atoms with Crippen LogP contribution in [0.4, 0.5) is 4.79 Å². The Bertz CT molecular complexity index is 558. The van der Waals surface area contributed by atoms with Crippen molar-refractivity contribution in [2.24, 2.45) is 0 Å². The number of hydrogen-bond donors (Lipinski definition) is 1. The van der Waals surface area contributed by atoms with Gasteiger partial charge in [0, 0.05) is 32.7 Å². The quantitative estimate of drug-likeness (QED) is 0.768. The number of benzene rings is 1. The van der Waals surface area contributed by atoms with Crippen molar-refractivity contribution >= 4 is 6.09 Å². The Morgan fingerprint density at radius 1 is 1.19 bits per heavy atom. The summed E-state index contributed by atoms with van der Waals surface area (Å²) in [6.07, 6.45) is 0.236. The number of nitrogens with zero attached hydrogens (tertiary/aromatic N) is 2. The number of aliphatic hydroxyl groups is 1. The second kappa shape index (κ2) is 10.4. The van der Waals surface area contributed by atoms with Gasteiger partial charge in [-0.3, -0.25) is 4.90 Å². The molecule has 146 valence electrons. The van der Waals surface area contributed by atoms with Crippen molar-refractivity contribution in [3.63, 3.8) is 0 Å². The third kappa shape index (κ3) is 5.88. The van der Waals surface area contributed by atoms with Crippen LogP contribution in [0, 0.1) is 0 Å². The molecular formula is C20H32N2O4. The molecule has 0 saturated carbocycles. The summed E-state index contributed by atoms with van der Waals surface area (Å²) in [6.45, 7) is 10.1. The van der Waals surface area contributed by atoms with Crippen LogP contribution in [0.15, 0.2) is 24.3 Å². The van der Waals surface area contributed by atoms with Crippen molar-refractivity contribution in [2.45, 2.75) is 39.2 Å². The van der Waals surface area contributed by atoms with E-state index in [9.17, 15) is 9.90 Å². The molecule has 1 aliphatic heterocycles. The van der Waals surface area contributed by atoms with Gasteiger partial charge < -0.3 is 19.5 Å². The summed E-state index contributed by atoms with van der Waals surface area (Å²) in [5, 5.41) is 10.3. The van der Waals surface area contributed by atoms with E-state index in [4.69, 9.17) is 9.47 Å². The Morgan fingerprint density at radius 3 is 2.54 bits per heavy atom. The lowest BCUT2D eigenvalue weighted by molar-refractivity contribution is 0.0405. The van der Waals surface area contributed by atoms with Gasteiger partial charge in [-0.2, -0.15) is 0 Å². The van der Waals surface area contributed by atoms with Gasteiger partial charge in [0.15, 0.2) is 0 Å². The minimum absolute atomic E-state index is 0.252. The molecule has 0 aromatic heterocycles. The highest BCUT2D eigenvalue weighted by Gasteiger charge is 2.23. The molecule has 1 heterocycles. The first kappa shape index (κ1) is 20.5. The van der Waals surface area contributed by atoms with Crippen LogP contribution >= 0.6 is 0 Å². The summed E-state index contributed by atoms with van der Waals surface area (Å²) in [5.41, 5.74) is 1.19. The number of amides is 1. The molecule has 1 fully saturated rings. The highest BCUT2D eigenvalue weighted by molar-refractivity contribution is 5.67. The monoisotopic (exact) mass is 364 g/mol. The van der Waals surface area contributed by atoms with Gasteiger partial charge >= 0.3 is 6.09 Å². The van der Waals surface area contributed by atoms with E-state index >= 15 is 0 Å². The van der Waals surface area contributed by atoms with Crippen LogP contribution < -0.4 is 4.74 Å². The molecule has 1 aromatic rings. The molecule has 0 bridgehead atoms. The third-order valence-electron chi connectivity index (χ3n) is 4.86. The van der Waals surface area contributed by atoms with E-state index in [0.29, 0.717) is 32.2 Å². The normalized spacial score (nSPS) is 17.6. The fourth-order valence-electron chi connectivity index (χ4n) is 3.10. The Balaban J connectivity index is 1.77. The average Bonchev–Trinajstić information content (AvgIpc) is 2.66. The number of para-hydroxylation sites is 1. The van der Waals surface area contributed by atoms with Crippen molar-refractivity contribution < 1.29 is 19.4 Å². The van der Waals surface area contributed by atoms with Gasteiger partial charge in [-0.25, -0.2) is 4.79 Å². The maximum Gasteiger partial charge on any atom is 0.409 e. The highest BCUT2D eigenvalue weighted by Crippen LogP contribution is 2.28. The molecule has 0 spiro atoms. The Morgan fingerprint density at radius 2 is 1.88 bits per heavy atom. The molecule has 1 amide bonds. The zero-order chi connectivity index (χ0) is 18.9. The number of piperazine rings is 1. The van der Waals surface area contributed by atoms with E-state index in [1.54, 1.807) is 4.90 Å². The molecule has 26 heavy (non-hydrogen) atoms. The maximum atomic E-state index is 11.7. The van der Waals surface area contributed by atoms with E-state index in [-0.39, 0.29) is 12.7 Å². The van der Waals surface area contributed by atoms with E-state index < -0.39 is 6.10 Å². The molecule has 6 heteroatoms. The van der Waals surface area contributed by atoms with E-state index in [1.165, 1.54) is 5.56 Å². The minimum atomic E-state index is -0.561. The molecule has 0 unspecified atom stereocenters. The molecular weight excluding hydrogens is 332 g/mol. The van der Waals surface area contributed by atoms with Crippen LogP contribution in [0.5, 0.6) is 5.75 Å². The van der Waals surface area contributed by atoms with Crippen LogP contribution in [0.1, 0.15) is 38.7 Å². The second-order valence-corrected chi connectivity index (χ2v) is 6.80. The molecule has 0 radical (unpaired) electrons. The van der Waals surface area contributed by atoms with Gasteiger partial charge in [-0.05, 0) is 30.9 Å². The molecule has 1 N–H and O–H groups in total. The zero-order valence-electron chi connectivity index (χ0n) is 16.2. The van der Waals surface area contributed by atoms with Gasteiger partial charge in [-0.1, -0.05) is 32.0 Å². The molecule has 1 saturated heterocycles. The largest absolute Gasteiger partial charge is 0.491 e. The Hall–Kier alpha value is -1.79. The first-order chi connectivity index (χ1) is 12.5. The summed E-state index contributed by atoms with van der Waals surface area (Å²) in [5.74, 6) is 1.28. The topological polar surface area (TPSA) is 62.2 Å². The van der Waals surface area contributed by atoms with E-state index in [0.717, 1.165) is 25.3 Å². The first-order valence-electron chi connectivity index (χ1n) is 9.59. The Kier molecular flexibility index (Phi) is 8.19. The SMILES string of the molecule is CCOC(=O)N1CCN(C[C@H](O)COc2ccccc2[C@@H](C)CC)CC1. The number of hydrogen-bond acceptors (Lipinski definition) is 5. The molecule has 2 rings (SSSR count). The number of β-amino-alcohol motifs (C(OH)–C–C–N with tert-alkyl or cyclic N) is 1. The predicted octanol–water partition coefficient (Wildman–Crippen LogP) is 2.71. The summed E-state index contributed by atoms with van der Waals surface area (Å²) in [6, 6.07) is 8.03.